The Kier molecular flexibility index (Phi) is 5.25. The van der Waals surface area contributed by atoms with Crippen molar-refractivity contribution >= 4 is 15.6 Å². The van der Waals surface area contributed by atoms with Gasteiger partial charge in [0.2, 0.25) is 0 Å². The minimum atomic E-state index is -3.76. The lowest BCUT2D eigenvalue weighted by atomic mass is 9.71. The second kappa shape index (κ2) is 6.62. The van der Waals surface area contributed by atoms with Crippen LogP contribution in [0.2, 0.25) is 0 Å². The lowest BCUT2D eigenvalue weighted by molar-refractivity contribution is -0.114. The first-order valence-corrected chi connectivity index (χ1v) is 10.5. The number of allylic oxidation sites excluding steroid dienone is 2. The molecule has 148 valence electrons. The van der Waals surface area contributed by atoms with Gasteiger partial charge >= 0.3 is 0 Å². The van der Waals surface area contributed by atoms with E-state index in [1.54, 1.807) is 43.3 Å². The predicted molar refractivity (Wildman–Crippen MR) is 109 cm³/mol. The van der Waals surface area contributed by atoms with Crippen LogP contribution in [0.3, 0.4) is 0 Å². The van der Waals surface area contributed by atoms with Crippen molar-refractivity contribution < 1.29 is 17.9 Å². The Bertz CT molecular complexity index is 869. The summed E-state index contributed by atoms with van der Waals surface area (Å²) in [6, 6.07) is 6.36. The summed E-state index contributed by atoms with van der Waals surface area (Å²) in [6.45, 7) is 13.3. The fourth-order valence-corrected chi connectivity index (χ4v) is 4.72. The van der Waals surface area contributed by atoms with Crippen LogP contribution in [0.25, 0.3) is 0 Å². The van der Waals surface area contributed by atoms with E-state index in [9.17, 15) is 13.2 Å². The smallest absolute Gasteiger partial charge is 0.190 e. The topological polar surface area (TPSA) is 60.4 Å². The number of benzene rings is 1. The van der Waals surface area contributed by atoms with Crippen molar-refractivity contribution in [3.05, 3.63) is 47.6 Å². The minimum Gasteiger partial charge on any atom is -0.497 e. The maximum Gasteiger partial charge on any atom is 0.190 e. The van der Waals surface area contributed by atoms with Crippen LogP contribution >= 0.6 is 0 Å². The number of sulfone groups is 1. The summed E-state index contributed by atoms with van der Waals surface area (Å²) < 4.78 is 30.9. The van der Waals surface area contributed by atoms with Gasteiger partial charge in [-0.05, 0) is 42.0 Å². The zero-order valence-corrected chi connectivity index (χ0v) is 18.3. The molecule has 0 radical (unpaired) electrons. The molecule has 0 amide bonds. The van der Waals surface area contributed by atoms with Gasteiger partial charge in [-0.2, -0.15) is 0 Å². The third kappa shape index (κ3) is 3.88. The van der Waals surface area contributed by atoms with Crippen LogP contribution in [0.1, 0.15) is 48.5 Å². The lowest BCUT2D eigenvalue weighted by Crippen LogP contribution is -2.40. The van der Waals surface area contributed by atoms with Gasteiger partial charge in [-0.25, -0.2) is 8.42 Å². The van der Waals surface area contributed by atoms with Gasteiger partial charge in [0.05, 0.1) is 12.0 Å². The molecule has 0 N–H and O–H groups in total. The van der Waals surface area contributed by atoms with E-state index in [2.05, 4.69) is 0 Å². The van der Waals surface area contributed by atoms with Crippen LogP contribution in [0.5, 0.6) is 5.75 Å². The van der Waals surface area contributed by atoms with Gasteiger partial charge < -0.3 is 4.74 Å². The van der Waals surface area contributed by atoms with E-state index in [4.69, 9.17) is 4.74 Å². The average Bonchev–Trinajstić information content (AvgIpc) is 2.54. The van der Waals surface area contributed by atoms with E-state index in [1.165, 1.54) is 7.11 Å². The fourth-order valence-electron chi connectivity index (χ4n) is 3.17. The SMILES string of the molecule is COc1ccc(S(=O)(=O)C2(C)C=C(C(C)(C)C)C(=O)C(C(C)(C)C)=C2)cc1. The van der Waals surface area contributed by atoms with E-state index in [0.29, 0.717) is 16.9 Å². The molecule has 0 fully saturated rings. The largest absolute Gasteiger partial charge is 0.497 e. The maximum absolute atomic E-state index is 13.5. The standard InChI is InChI=1S/C22H30O4S/c1-20(2,3)17-13-22(7,14-18(19(17)23)21(4,5)6)27(24,25)16-11-9-15(26-8)10-12-16/h9-14H,1-8H3. The number of carbonyl (C=O) groups is 1. The Morgan fingerprint density at radius 2 is 1.26 bits per heavy atom. The highest BCUT2D eigenvalue weighted by atomic mass is 32.2. The zero-order valence-electron chi connectivity index (χ0n) is 17.5. The van der Waals surface area contributed by atoms with Crippen molar-refractivity contribution in [1.82, 2.24) is 0 Å². The van der Waals surface area contributed by atoms with Crippen molar-refractivity contribution in [1.29, 1.82) is 0 Å². The number of hydrogen-bond donors (Lipinski definition) is 0. The van der Waals surface area contributed by atoms with Gasteiger partial charge in [-0.1, -0.05) is 53.7 Å². The van der Waals surface area contributed by atoms with E-state index >= 15 is 0 Å². The number of ketones is 1. The Hall–Kier alpha value is -1.88. The number of Topliss-reactive ketones (excluding diaryl/α,β-unsaturated/α-hetero) is 1. The highest BCUT2D eigenvalue weighted by Gasteiger charge is 2.45. The van der Waals surface area contributed by atoms with Gasteiger partial charge in [0.25, 0.3) is 0 Å². The molecule has 1 aliphatic rings. The molecule has 0 spiro atoms. The molecule has 27 heavy (non-hydrogen) atoms. The Labute approximate surface area is 163 Å². The minimum absolute atomic E-state index is 0.0718. The summed E-state index contributed by atoms with van der Waals surface area (Å²) in [5, 5.41) is 0. The lowest BCUT2D eigenvalue weighted by Gasteiger charge is -2.37. The van der Waals surface area contributed by atoms with Crippen LogP contribution in [-0.4, -0.2) is 26.1 Å². The van der Waals surface area contributed by atoms with Gasteiger partial charge in [0, 0.05) is 11.1 Å². The van der Waals surface area contributed by atoms with E-state index in [1.807, 2.05) is 41.5 Å². The van der Waals surface area contributed by atoms with Crippen LogP contribution in [0, 0.1) is 10.8 Å². The summed E-state index contributed by atoms with van der Waals surface area (Å²) in [4.78, 5) is 13.3. The quantitative estimate of drug-likeness (QED) is 0.747. The van der Waals surface area contributed by atoms with Gasteiger partial charge in [0.1, 0.15) is 10.5 Å². The number of methoxy groups -OCH3 is 1. The molecule has 4 nitrogen and oxygen atoms in total. The van der Waals surface area contributed by atoms with E-state index < -0.39 is 25.4 Å². The van der Waals surface area contributed by atoms with Crippen molar-refractivity contribution in [2.75, 3.05) is 7.11 Å². The van der Waals surface area contributed by atoms with Crippen molar-refractivity contribution in [2.24, 2.45) is 10.8 Å². The van der Waals surface area contributed by atoms with Crippen LogP contribution in [0.4, 0.5) is 0 Å². The van der Waals surface area contributed by atoms with Crippen molar-refractivity contribution in [3.8, 4) is 5.75 Å². The molecule has 0 saturated heterocycles. The Morgan fingerprint density at radius 1 is 0.852 bits per heavy atom. The van der Waals surface area contributed by atoms with Crippen LogP contribution in [-0.2, 0) is 14.6 Å². The summed E-state index contributed by atoms with van der Waals surface area (Å²) in [5.74, 6) is 0.521. The maximum atomic E-state index is 13.5. The van der Waals surface area contributed by atoms with Crippen molar-refractivity contribution in [2.45, 2.75) is 58.1 Å². The molecule has 0 aliphatic heterocycles. The van der Waals surface area contributed by atoms with Crippen molar-refractivity contribution in [3.63, 3.8) is 0 Å². The monoisotopic (exact) mass is 390 g/mol. The number of rotatable bonds is 3. The third-order valence-corrected chi connectivity index (χ3v) is 7.20. The zero-order chi connectivity index (χ0) is 20.8. The molecule has 0 heterocycles. The number of hydrogen-bond acceptors (Lipinski definition) is 4. The first-order valence-electron chi connectivity index (χ1n) is 9.03. The van der Waals surface area contributed by atoms with Gasteiger partial charge in [-0.3, -0.25) is 4.79 Å². The van der Waals surface area contributed by atoms with E-state index in [-0.39, 0.29) is 10.7 Å². The van der Waals surface area contributed by atoms with Crippen LogP contribution < -0.4 is 4.74 Å². The highest BCUT2D eigenvalue weighted by Crippen LogP contribution is 2.44. The molecule has 0 saturated carbocycles. The molecule has 0 unspecified atom stereocenters. The summed E-state index contributed by atoms with van der Waals surface area (Å²) in [5.41, 5.74) is 0.154. The van der Waals surface area contributed by atoms with E-state index in [0.717, 1.165) is 0 Å². The molecule has 0 bridgehead atoms. The number of carbonyl (C=O) groups excluding carboxylic acids is 1. The average molecular weight is 391 g/mol. The summed E-state index contributed by atoms with van der Waals surface area (Å²) >= 11 is 0. The highest BCUT2D eigenvalue weighted by molar-refractivity contribution is 7.93. The normalized spacial score (nSPS) is 18.0. The van der Waals surface area contributed by atoms with Gasteiger partial charge in [-0.15, -0.1) is 0 Å². The molecule has 5 heteroatoms. The molecular formula is C22H30O4S. The molecule has 0 atom stereocenters. The molecule has 1 aliphatic carbocycles. The van der Waals surface area contributed by atoms with Gasteiger partial charge in [0.15, 0.2) is 15.6 Å². The molecule has 1 aromatic rings. The molecular weight excluding hydrogens is 360 g/mol. The third-order valence-electron chi connectivity index (χ3n) is 4.92. The predicted octanol–water partition coefficient (Wildman–Crippen LogP) is 4.76. The molecule has 1 aromatic carbocycles. The summed E-state index contributed by atoms with van der Waals surface area (Å²) in [6.07, 6.45) is 3.26. The first kappa shape index (κ1) is 21.4. The molecule has 0 aromatic heterocycles. The second-order valence-electron chi connectivity index (χ2n) is 9.31. The molecule has 2 rings (SSSR count). The summed E-state index contributed by atoms with van der Waals surface area (Å²) in [7, 11) is -2.22. The second-order valence-corrected chi connectivity index (χ2v) is 11.7. The Balaban J connectivity index is 2.74. The first-order chi connectivity index (χ1) is 12.1. The Morgan fingerprint density at radius 3 is 1.59 bits per heavy atom. The number of ether oxygens (including phenoxy) is 1. The van der Waals surface area contributed by atoms with Crippen LogP contribution in [0.15, 0.2) is 52.5 Å². The fraction of sp³-hybridized carbons (Fsp3) is 0.500.